The van der Waals surface area contributed by atoms with Crippen LogP contribution in [0.3, 0.4) is 0 Å². The number of likely N-dealkylation sites (N-methyl/N-ethyl adjacent to an activating group) is 1. The highest BCUT2D eigenvalue weighted by atomic mass is 19.4. The summed E-state index contributed by atoms with van der Waals surface area (Å²) in [4.78, 5) is 14.6. The molecule has 0 fully saturated rings. The van der Waals surface area contributed by atoms with Crippen LogP contribution in [0.4, 0.5) is 13.2 Å². The number of alkyl halides is 3. The minimum atomic E-state index is -4.48. The Morgan fingerprint density at radius 3 is 2.82 bits per heavy atom. The molecule has 0 saturated heterocycles. The summed E-state index contributed by atoms with van der Waals surface area (Å²) in [5, 5.41) is 12.5. The maximum absolute atomic E-state index is 13.5. The quantitative estimate of drug-likeness (QED) is 0.843. The van der Waals surface area contributed by atoms with Crippen molar-refractivity contribution in [2.45, 2.75) is 31.7 Å². The number of aliphatic hydroxyl groups excluding tert-OH is 1. The second-order valence-corrected chi connectivity index (χ2v) is 7.67. The molecule has 150 valence electrons. The van der Waals surface area contributed by atoms with Gasteiger partial charge in [-0.15, -0.1) is 13.2 Å². The van der Waals surface area contributed by atoms with Crippen LogP contribution in [0.5, 0.6) is 0 Å². The lowest BCUT2D eigenvalue weighted by Crippen LogP contribution is -2.48. The van der Waals surface area contributed by atoms with Crippen molar-refractivity contribution in [2.75, 3.05) is 20.2 Å². The van der Waals surface area contributed by atoms with Crippen molar-refractivity contribution in [1.82, 2.24) is 14.8 Å². The number of rotatable bonds is 3. The Labute approximate surface area is 160 Å². The number of carbonyl (C=O) groups is 1. The van der Waals surface area contributed by atoms with Gasteiger partial charge in [0.05, 0.1) is 18.0 Å². The molecule has 0 spiro atoms. The number of fused-ring (bicyclic) bond motifs is 2. The first-order valence-electron chi connectivity index (χ1n) is 9.24. The summed E-state index contributed by atoms with van der Waals surface area (Å²) in [5.74, 6) is -0.614. The van der Waals surface area contributed by atoms with Gasteiger partial charge < -0.3 is 10.4 Å². The van der Waals surface area contributed by atoms with Crippen LogP contribution in [-0.4, -0.2) is 52.8 Å². The largest absolute Gasteiger partial charge is 0.488 e. The molecule has 4 rings (SSSR count). The average Bonchev–Trinajstić information content (AvgIpc) is 3.02. The molecule has 3 unspecified atom stereocenters. The van der Waals surface area contributed by atoms with Crippen LogP contribution in [0.15, 0.2) is 30.5 Å². The fourth-order valence-corrected chi connectivity index (χ4v) is 4.33. The van der Waals surface area contributed by atoms with Crippen LogP contribution in [-0.2, 0) is 17.5 Å². The number of benzene rings is 1. The van der Waals surface area contributed by atoms with Crippen molar-refractivity contribution in [3.8, 4) is 0 Å². The highest BCUT2D eigenvalue weighted by molar-refractivity contribution is 5.99. The van der Waals surface area contributed by atoms with Crippen LogP contribution < -0.4 is 5.32 Å². The number of hydrogen-bond acceptors (Lipinski definition) is 3. The Morgan fingerprint density at radius 2 is 2.14 bits per heavy atom. The fourth-order valence-electron chi connectivity index (χ4n) is 4.33. The number of amides is 1. The fraction of sp³-hybridized carbons (Fsp3) is 0.450. The van der Waals surface area contributed by atoms with E-state index < -0.39 is 12.2 Å². The molecule has 3 atom stereocenters. The van der Waals surface area contributed by atoms with Gasteiger partial charge in [-0.3, -0.25) is 14.3 Å². The van der Waals surface area contributed by atoms with E-state index in [1.807, 2.05) is 24.1 Å². The minimum absolute atomic E-state index is 0.0681. The summed E-state index contributed by atoms with van der Waals surface area (Å²) < 4.78 is 40.7. The van der Waals surface area contributed by atoms with Crippen LogP contribution in [0.2, 0.25) is 0 Å². The van der Waals surface area contributed by atoms with Gasteiger partial charge in [-0.2, -0.15) is 0 Å². The smallest absolute Gasteiger partial charge is 0.394 e. The number of hydrogen-bond donors (Lipinski definition) is 2. The van der Waals surface area contributed by atoms with Crippen molar-refractivity contribution >= 4 is 22.4 Å². The lowest BCUT2D eigenvalue weighted by atomic mass is 9.80. The molecular weight excluding hydrogens is 371 g/mol. The molecule has 0 saturated carbocycles. The Balaban J connectivity index is 1.81. The molecule has 1 aromatic heterocycles. The molecule has 0 radical (unpaired) electrons. The molecule has 1 aromatic carbocycles. The van der Waals surface area contributed by atoms with Gasteiger partial charge in [0.15, 0.2) is 0 Å². The molecule has 1 aliphatic heterocycles. The molecule has 2 aliphatic rings. The van der Waals surface area contributed by atoms with Crippen molar-refractivity contribution < 1.29 is 23.1 Å². The summed E-state index contributed by atoms with van der Waals surface area (Å²) in [6.07, 6.45) is -0.929. The summed E-state index contributed by atoms with van der Waals surface area (Å²) in [6.45, 7) is 2.04. The SMILES string of the molecule is CC(CO)NC(=O)C1C=C2c3cccc4c3c(cn4C(F)(F)F)CC2N(C)C1. The van der Waals surface area contributed by atoms with E-state index in [-0.39, 0.29) is 30.1 Å². The molecule has 8 heteroatoms. The first-order chi connectivity index (χ1) is 13.2. The number of carbonyl (C=O) groups excluding carboxylic acids is 1. The molecular formula is C20H22F3N3O2. The Morgan fingerprint density at radius 1 is 1.39 bits per heavy atom. The third kappa shape index (κ3) is 3.00. The van der Waals surface area contributed by atoms with Gasteiger partial charge in [-0.1, -0.05) is 18.2 Å². The van der Waals surface area contributed by atoms with Gasteiger partial charge in [-0.25, -0.2) is 0 Å². The third-order valence-corrected chi connectivity index (χ3v) is 5.66. The third-order valence-electron chi connectivity index (χ3n) is 5.66. The number of aliphatic hydroxyl groups is 1. The summed E-state index contributed by atoms with van der Waals surface area (Å²) in [6, 6.07) is 4.52. The van der Waals surface area contributed by atoms with Gasteiger partial charge in [0.25, 0.3) is 0 Å². The maximum atomic E-state index is 13.5. The van der Waals surface area contributed by atoms with E-state index in [4.69, 9.17) is 5.11 Å². The van der Waals surface area contributed by atoms with Gasteiger partial charge >= 0.3 is 6.30 Å². The molecule has 1 aliphatic carbocycles. The van der Waals surface area contributed by atoms with Crippen molar-refractivity contribution in [3.63, 3.8) is 0 Å². The first-order valence-corrected chi connectivity index (χ1v) is 9.24. The normalized spacial score (nSPS) is 23.3. The van der Waals surface area contributed by atoms with E-state index in [0.717, 1.165) is 11.1 Å². The standard InChI is InChI=1S/C20H22F3N3O2/c1-11(10-27)24-19(28)13-6-15-14-4-3-5-16-18(14)12(7-17(15)25(2)8-13)9-26(16)20(21,22)23/h3-6,9,11,13,17,27H,7-8,10H2,1-2H3,(H,24,28). The highest BCUT2D eigenvalue weighted by Crippen LogP contribution is 2.43. The summed E-state index contributed by atoms with van der Waals surface area (Å²) in [7, 11) is 1.89. The second kappa shape index (κ2) is 6.63. The first kappa shape index (κ1) is 19.0. The zero-order valence-corrected chi connectivity index (χ0v) is 15.6. The van der Waals surface area contributed by atoms with Gasteiger partial charge in [0.1, 0.15) is 0 Å². The summed E-state index contributed by atoms with van der Waals surface area (Å²) in [5.41, 5.74) is 2.46. The molecule has 2 aromatic rings. The van der Waals surface area contributed by atoms with E-state index in [1.165, 1.54) is 12.3 Å². The zero-order chi connectivity index (χ0) is 20.2. The topological polar surface area (TPSA) is 57.5 Å². The van der Waals surface area contributed by atoms with E-state index in [1.54, 1.807) is 13.0 Å². The maximum Gasteiger partial charge on any atom is 0.488 e. The van der Waals surface area contributed by atoms with E-state index in [0.29, 0.717) is 28.5 Å². The number of nitrogens with one attached hydrogen (secondary N) is 1. The van der Waals surface area contributed by atoms with E-state index in [2.05, 4.69) is 5.32 Å². The predicted molar refractivity (Wildman–Crippen MR) is 99.5 cm³/mol. The molecule has 5 nitrogen and oxygen atoms in total. The lowest BCUT2D eigenvalue weighted by Gasteiger charge is -2.39. The predicted octanol–water partition coefficient (Wildman–Crippen LogP) is 2.48. The second-order valence-electron chi connectivity index (χ2n) is 7.67. The van der Waals surface area contributed by atoms with Crippen molar-refractivity contribution in [2.24, 2.45) is 5.92 Å². The van der Waals surface area contributed by atoms with Gasteiger partial charge in [-0.05, 0) is 43.2 Å². The molecule has 0 bridgehead atoms. The van der Waals surface area contributed by atoms with Crippen LogP contribution >= 0.6 is 0 Å². The van der Waals surface area contributed by atoms with E-state index in [9.17, 15) is 18.0 Å². The van der Waals surface area contributed by atoms with Gasteiger partial charge in [0, 0.05) is 30.2 Å². The Kier molecular flexibility index (Phi) is 4.50. The Hall–Kier alpha value is -2.32. The van der Waals surface area contributed by atoms with Crippen molar-refractivity contribution in [3.05, 3.63) is 41.6 Å². The zero-order valence-electron chi connectivity index (χ0n) is 15.6. The summed E-state index contributed by atoms with van der Waals surface area (Å²) >= 11 is 0. The van der Waals surface area contributed by atoms with Crippen LogP contribution in [0.25, 0.3) is 16.5 Å². The number of nitrogens with zero attached hydrogens (tertiary/aromatic N) is 2. The Bertz CT molecular complexity index is 963. The monoisotopic (exact) mass is 393 g/mol. The molecule has 1 amide bonds. The average molecular weight is 393 g/mol. The highest BCUT2D eigenvalue weighted by Gasteiger charge is 2.39. The van der Waals surface area contributed by atoms with E-state index >= 15 is 0 Å². The number of halogens is 3. The van der Waals surface area contributed by atoms with Crippen LogP contribution in [0.1, 0.15) is 18.1 Å². The van der Waals surface area contributed by atoms with Crippen LogP contribution in [0, 0.1) is 5.92 Å². The van der Waals surface area contributed by atoms with Gasteiger partial charge in [0.2, 0.25) is 5.91 Å². The number of aromatic nitrogens is 1. The molecule has 2 heterocycles. The van der Waals surface area contributed by atoms with Crippen molar-refractivity contribution in [1.29, 1.82) is 0 Å². The molecule has 28 heavy (non-hydrogen) atoms. The molecule has 2 N–H and O–H groups in total. The minimum Gasteiger partial charge on any atom is -0.394 e. The lowest BCUT2D eigenvalue weighted by molar-refractivity contribution is -0.200.